The summed E-state index contributed by atoms with van der Waals surface area (Å²) in [7, 11) is -1.96. The number of nitriles is 1. The van der Waals surface area contributed by atoms with Crippen LogP contribution in [-0.4, -0.2) is 67.3 Å². The van der Waals surface area contributed by atoms with Crippen molar-refractivity contribution in [1.29, 1.82) is 5.26 Å². The van der Waals surface area contributed by atoms with E-state index in [-0.39, 0.29) is 23.9 Å². The fourth-order valence-corrected chi connectivity index (χ4v) is 5.74. The monoisotopic (exact) mass is 525 g/mol. The molecule has 2 aromatic rings. The maximum Gasteiger partial charge on any atom is 0.233 e. The number of hydrogen-bond donors (Lipinski definition) is 2. The number of pyridine rings is 1. The van der Waals surface area contributed by atoms with Gasteiger partial charge in [0.05, 0.1) is 19.3 Å². The molecule has 0 spiro atoms. The first-order chi connectivity index (χ1) is 17.8. The normalized spacial score (nSPS) is 21.4. The summed E-state index contributed by atoms with van der Waals surface area (Å²) in [5.41, 5.74) is 8.34. The number of amides is 1. The standard InChI is InChI=1S/C25H31N7O4S/c1-3-37(34,35)30-22-5-4-17(10-22)25(33)31-8-6-21(7-9-31)28-14-19(12-26)18-11-23(36-2)24-20(13-27)15-29-32(24)16-18/h3,11-12,14-17,21-22,30H,1,4-10,26H2,2H3/t17-,22-/m0/s1. The summed E-state index contributed by atoms with van der Waals surface area (Å²) in [6.45, 7) is 4.52. The molecule has 1 saturated carbocycles. The van der Waals surface area contributed by atoms with Crippen LogP contribution in [0.2, 0.25) is 0 Å². The molecule has 1 aliphatic carbocycles. The Hall–Kier alpha value is -3.69. The number of allylic oxidation sites excluding steroid dienone is 1. The minimum absolute atomic E-state index is 0.0512. The van der Waals surface area contributed by atoms with Crippen molar-refractivity contribution in [3.05, 3.63) is 47.8 Å². The second kappa shape index (κ2) is 11.1. The number of nitrogens with two attached hydrogens (primary N) is 1. The van der Waals surface area contributed by atoms with Crippen LogP contribution in [0, 0.1) is 17.2 Å². The van der Waals surface area contributed by atoms with Gasteiger partial charge in [0.2, 0.25) is 15.9 Å². The van der Waals surface area contributed by atoms with Crippen LogP contribution in [0.3, 0.4) is 0 Å². The molecule has 3 heterocycles. The Labute approximate surface area is 216 Å². The third-order valence-electron chi connectivity index (χ3n) is 6.96. The predicted molar refractivity (Wildman–Crippen MR) is 140 cm³/mol. The van der Waals surface area contributed by atoms with Crippen LogP contribution in [0.15, 0.2) is 41.6 Å². The number of ether oxygens (including phenoxy) is 1. The van der Waals surface area contributed by atoms with E-state index in [1.807, 2.05) is 4.90 Å². The zero-order chi connectivity index (χ0) is 26.6. The number of sulfonamides is 1. The first-order valence-corrected chi connectivity index (χ1v) is 13.7. The van der Waals surface area contributed by atoms with Crippen LogP contribution in [-0.2, 0) is 14.8 Å². The van der Waals surface area contributed by atoms with Crippen molar-refractivity contribution in [1.82, 2.24) is 19.2 Å². The Bertz CT molecular complexity index is 1380. The molecule has 1 amide bonds. The van der Waals surface area contributed by atoms with E-state index in [4.69, 9.17) is 15.5 Å². The second-order valence-electron chi connectivity index (χ2n) is 9.25. The van der Waals surface area contributed by atoms with Gasteiger partial charge >= 0.3 is 0 Å². The Balaban J connectivity index is 1.35. The number of piperidine rings is 1. The van der Waals surface area contributed by atoms with E-state index in [0.29, 0.717) is 54.8 Å². The lowest BCUT2D eigenvalue weighted by atomic mass is 10.0. The molecule has 2 atom stereocenters. The topological polar surface area (TPSA) is 155 Å². The molecule has 0 bridgehead atoms. The number of aromatic nitrogens is 2. The molecule has 196 valence electrons. The first kappa shape index (κ1) is 26.4. The van der Waals surface area contributed by atoms with Gasteiger partial charge < -0.3 is 15.4 Å². The number of nitrogens with zero attached hydrogens (tertiary/aromatic N) is 5. The highest BCUT2D eigenvalue weighted by Gasteiger charge is 2.35. The summed E-state index contributed by atoms with van der Waals surface area (Å²) in [6, 6.07) is 3.73. The molecule has 2 aromatic heterocycles. The SMILES string of the molecule is C=CS(=O)(=O)N[C@H]1CC[C@H](C(=O)N2CCC(N=CC(=CN)c3cc(OC)c4c(C#N)cnn4c3)CC2)C1. The molecule has 1 aliphatic heterocycles. The van der Waals surface area contributed by atoms with Gasteiger partial charge in [0.25, 0.3) is 0 Å². The smallest absolute Gasteiger partial charge is 0.233 e. The van der Waals surface area contributed by atoms with E-state index in [1.54, 1.807) is 23.0 Å². The summed E-state index contributed by atoms with van der Waals surface area (Å²) in [5, 5.41) is 14.4. The molecule has 1 saturated heterocycles. The maximum absolute atomic E-state index is 13.0. The lowest BCUT2D eigenvalue weighted by molar-refractivity contribution is -0.136. The Morgan fingerprint density at radius 3 is 2.76 bits per heavy atom. The largest absolute Gasteiger partial charge is 0.494 e. The number of likely N-dealkylation sites (tertiary alicyclic amines) is 1. The van der Waals surface area contributed by atoms with Crippen molar-refractivity contribution in [3.8, 4) is 11.8 Å². The lowest BCUT2D eigenvalue weighted by Gasteiger charge is -2.32. The average Bonchev–Trinajstić information content (AvgIpc) is 3.55. The van der Waals surface area contributed by atoms with Gasteiger partial charge in [0, 0.05) is 60.2 Å². The highest BCUT2D eigenvalue weighted by Crippen LogP contribution is 2.30. The van der Waals surface area contributed by atoms with Crippen molar-refractivity contribution < 1.29 is 17.9 Å². The van der Waals surface area contributed by atoms with Crippen LogP contribution in [0.25, 0.3) is 11.1 Å². The third-order valence-corrected chi connectivity index (χ3v) is 8.06. The summed E-state index contributed by atoms with van der Waals surface area (Å²) < 4.78 is 33.1. The Kier molecular flexibility index (Phi) is 7.94. The van der Waals surface area contributed by atoms with E-state index in [9.17, 15) is 18.5 Å². The third kappa shape index (κ3) is 5.84. The van der Waals surface area contributed by atoms with Crippen molar-refractivity contribution >= 4 is 33.2 Å². The van der Waals surface area contributed by atoms with Crippen LogP contribution in [0.5, 0.6) is 5.75 Å². The van der Waals surface area contributed by atoms with Crippen LogP contribution in [0.4, 0.5) is 0 Å². The molecule has 11 nitrogen and oxygen atoms in total. The zero-order valence-electron chi connectivity index (χ0n) is 20.7. The number of carbonyl (C=O) groups excluding carboxylic acids is 1. The molecule has 2 aliphatic rings. The van der Waals surface area contributed by atoms with E-state index in [1.165, 1.54) is 19.5 Å². The summed E-state index contributed by atoms with van der Waals surface area (Å²) >= 11 is 0. The molecule has 4 rings (SSSR count). The molecule has 0 radical (unpaired) electrons. The zero-order valence-corrected chi connectivity index (χ0v) is 21.5. The minimum Gasteiger partial charge on any atom is -0.494 e. The number of hydrogen-bond acceptors (Lipinski definition) is 8. The number of nitrogens with one attached hydrogen (secondary N) is 1. The summed E-state index contributed by atoms with van der Waals surface area (Å²) in [6.07, 6.45) is 9.74. The van der Waals surface area contributed by atoms with Crippen molar-refractivity contribution in [2.24, 2.45) is 16.6 Å². The van der Waals surface area contributed by atoms with Gasteiger partial charge in [-0.25, -0.2) is 17.7 Å². The molecule has 37 heavy (non-hydrogen) atoms. The minimum atomic E-state index is -3.50. The van der Waals surface area contributed by atoms with Gasteiger partial charge in [-0.05, 0) is 38.2 Å². The molecule has 3 N–H and O–H groups in total. The summed E-state index contributed by atoms with van der Waals surface area (Å²) in [4.78, 5) is 19.6. The van der Waals surface area contributed by atoms with E-state index in [2.05, 4.69) is 22.5 Å². The van der Waals surface area contributed by atoms with Gasteiger partial charge in [-0.3, -0.25) is 9.79 Å². The predicted octanol–water partition coefficient (Wildman–Crippen LogP) is 1.81. The fraction of sp³-hybridized carbons (Fsp3) is 0.440. The summed E-state index contributed by atoms with van der Waals surface area (Å²) in [5.74, 6) is 0.428. The van der Waals surface area contributed by atoms with Gasteiger partial charge in [0.15, 0.2) is 0 Å². The fourth-order valence-electron chi connectivity index (χ4n) is 4.97. The molecule has 2 fully saturated rings. The van der Waals surface area contributed by atoms with E-state index >= 15 is 0 Å². The highest BCUT2D eigenvalue weighted by molar-refractivity contribution is 7.92. The van der Waals surface area contributed by atoms with Crippen molar-refractivity contribution in [2.45, 2.75) is 44.2 Å². The van der Waals surface area contributed by atoms with Gasteiger partial charge in [-0.15, -0.1) is 0 Å². The first-order valence-electron chi connectivity index (χ1n) is 12.1. The maximum atomic E-state index is 13.0. The molecule has 0 unspecified atom stereocenters. The van der Waals surface area contributed by atoms with Crippen molar-refractivity contribution in [2.75, 3.05) is 20.2 Å². The van der Waals surface area contributed by atoms with Crippen LogP contribution in [0.1, 0.15) is 43.2 Å². The Morgan fingerprint density at radius 2 is 2.11 bits per heavy atom. The number of carbonyl (C=O) groups is 1. The Morgan fingerprint density at radius 1 is 1.35 bits per heavy atom. The highest BCUT2D eigenvalue weighted by atomic mass is 32.2. The lowest BCUT2D eigenvalue weighted by Crippen LogP contribution is -2.42. The number of aliphatic imine (C=N–C) groups is 1. The van der Waals surface area contributed by atoms with Crippen LogP contribution >= 0.6 is 0 Å². The van der Waals surface area contributed by atoms with Crippen molar-refractivity contribution in [3.63, 3.8) is 0 Å². The quantitative estimate of drug-likeness (QED) is 0.498. The molecular formula is C25H31N7O4S. The molecule has 0 aromatic carbocycles. The van der Waals surface area contributed by atoms with Gasteiger partial charge in [0.1, 0.15) is 22.9 Å². The molecular weight excluding hydrogens is 494 g/mol. The van der Waals surface area contributed by atoms with E-state index < -0.39 is 10.0 Å². The number of fused-ring (bicyclic) bond motifs is 1. The van der Waals surface area contributed by atoms with Crippen LogP contribution < -0.4 is 15.2 Å². The van der Waals surface area contributed by atoms with Gasteiger partial charge in [-0.1, -0.05) is 6.58 Å². The second-order valence-corrected chi connectivity index (χ2v) is 10.9. The van der Waals surface area contributed by atoms with E-state index in [0.717, 1.165) is 23.8 Å². The average molecular weight is 526 g/mol. The number of rotatable bonds is 8. The molecule has 12 heteroatoms. The number of methoxy groups -OCH3 is 1. The van der Waals surface area contributed by atoms with Gasteiger partial charge in [-0.2, -0.15) is 10.4 Å².